The highest BCUT2D eigenvalue weighted by Gasteiger charge is 2.32. The number of cyclic esters (lactones) is 1. The van der Waals surface area contributed by atoms with Crippen LogP contribution in [-0.2, 0) is 4.74 Å². The molecule has 1 saturated heterocycles. The van der Waals surface area contributed by atoms with Gasteiger partial charge in [-0.05, 0) is 13.8 Å². The molecular weight excluding hydrogens is 180 g/mol. The fraction of sp³-hybridized carbons (Fsp3) is 0.900. The summed E-state index contributed by atoms with van der Waals surface area (Å²) in [6, 6.07) is 0.661. The van der Waals surface area contributed by atoms with Crippen molar-refractivity contribution in [3.05, 3.63) is 0 Å². The molecule has 82 valence electrons. The monoisotopic (exact) mass is 200 g/mol. The van der Waals surface area contributed by atoms with Gasteiger partial charge in [0.25, 0.3) is 0 Å². The third kappa shape index (κ3) is 2.87. The molecule has 0 saturated carbocycles. The Balaban J connectivity index is 2.35. The van der Waals surface area contributed by atoms with E-state index in [0.717, 1.165) is 6.54 Å². The van der Waals surface area contributed by atoms with E-state index in [9.17, 15) is 4.79 Å². The molecule has 4 heteroatoms. The number of rotatable bonds is 4. The molecule has 1 amide bonds. The zero-order chi connectivity index (χ0) is 10.7. The topological polar surface area (TPSA) is 41.6 Å². The summed E-state index contributed by atoms with van der Waals surface area (Å²) in [4.78, 5) is 13.1. The summed E-state index contributed by atoms with van der Waals surface area (Å²) in [7, 11) is 0. The van der Waals surface area contributed by atoms with Gasteiger partial charge in [0.2, 0.25) is 0 Å². The van der Waals surface area contributed by atoms with Crippen LogP contribution in [0, 0.1) is 0 Å². The highest BCUT2D eigenvalue weighted by Crippen LogP contribution is 2.13. The van der Waals surface area contributed by atoms with Gasteiger partial charge in [0.15, 0.2) is 0 Å². The predicted molar refractivity (Wildman–Crippen MR) is 55.2 cm³/mol. The fourth-order valence-electron chi connectivity index (χ4n) is 1.44. The molecule has 1 aliphatic rings. The maximum atomic E-state index is 11.3. The van der Waals surface area contributed by atoms with Crippen molar-refractivity contribution in [3.63, 3.8) is 0 Å². The van der Waals surface area contributed by atoms with Gasteiger partial charge in [-0.2, -0.15) is 0 Å². The zero-order valence-electron chi connectivity index (χ0n) is 9.41. The van der Waals surface area contributed by atoms with Gasteiger partial charge in [-0.25, -0.2) is 4.79 Å². The van der Waals surface area contributed by atoms with Gasteiger partial charge in [-0.3, -0.25) is 0 Å². The summed E-state index contributed by atoms with van der Waals surface area (Å²) >= 11 is 0. The minimum Gasteiger partial charge on any atom is -0.443 e. The highest BCUT2D eigenvalue weighted by atomic mass is 16.6. The number of nitrogens with zero attached hydrogens (tertiary/aromatic N) is 1. The molecule has 0 spiro atoms. The Labute approximate surface area is 85.6 Å². The van der Waals surface area contributed by atoms with Crippen molar-refractivity contribution < 1.29 is 9.53 Å². The molecule has 0 aliphatic carbocycles. The first-order valence-electron chi connectivity index (χ1n) is 5.21. The van der Waals surface area contributed by atoms with E-state index in [1.807, 2.05) is 13.8 Å². The molecule has 0 bridgehead atoms. The molecule has 0 radical (unpaired) electrons. The van der Waals surface area contributed by atoms with E-state index in [-0.39, 0.29) is 18.2 Å². The summed E-state index contributed by atoms with van der Waals surface area (Å²) in [5, 5.41) is 3.26. The van der Waals surface area contributed by atoms with Gasteiger partial charge in [0.1, 0.15) is 6.10 Å². The Morgan fingerprint density at radius 2 is 2.14 bits per heavy atom. The van der Waals surface area contributed by atoms with E-state index in [0.29, 0.717) is 12.6 Å². The summed E-state index contributed by atoms with van der Waals surface area (Å²) in [5.74, 6) is 0. The Bertz CT molecular complexity index is 204. The summed E-state index contributed by atoms with van der Waals surface area (Å²) in [6.45, 7) is 9.61. The molecule has 1 N–H and O–H groups in total. The lowest BCUT2D eigenvalue weighted by Crippen LogP contribution is -2.36. The maximum Gasteiger partial charge on any atom is 0.410 e. The standard InChI is InChI=1S/C10H20N2O2/c1-7(2)11-5-9-6-12(8(3)4)10(13)14-9/h7-9,11H,5-6H2,1-4H3/t9-/m0/s1. The molecule has 1 heterocycles. The minimum absolute atomic E-state index is 0.00676. The van der Waals surface area contributed by atoms with Crippen LogP contribution < -0.4 is 5.32 Å². The number of hydrogen-bond donors (Lipinski definition) is 1. The van der Waals surface area contributed by atoms with Crippen LogP contribution in [0.5, 0.6) is 0 Å². The predicted octanol–water partition coefficient (Wildman–Crippen LogP) is 1.21. The van der Waals surface area contributed by atoms with Crippen molar-refractivity contribution in [1.29, 1.82) is 0 Å². The first kappa shape index (κ1) is 11.3. The van der Waals surface area contributed by atoms with Gasteiger partial charge in [-0.1, -0.05) is 13.8 Å². The Hall–Kier alpha value is -0.770. The third-order valence-electron chi connectivity index (χ3n) is 2.28. The van der Waals surface area contributed by atoms with Crippen LogP contribution in [-0.4, -0.2) is 42.3 Å². The molecular formula is C10H20N2O2. The SMILES string of the molecule is CC(C)NC[C@H]1CN(C(C)C)C(=O)O1. The second-order valence-electron chi connectivity index (χ2n) is 4.31. The van der Waals surface area contributed by atoms with Crippen LogP contribution in [0.2, 0.25) is 0 Å². The van der Waals surface area contributed by atoms with Crippen molar-refractivity contribution >= 4 is 6.09 Å². The number of carbonyl (C=O) groups excluding carboxylic acids is 1. The first-order valence-corrected chi connectivity index (χ1v) is 5.21. The molecule has 1 rings (SSSR count). The number of amides is 1. The molecule has 14 heavy (non-hydrogen) atoms. The minimum atomic E-state index is -0.185. The van der Waals surface area contributed by atoms with Gasteiger partial charge in [0.05, 0.1) is 6.54 Å². The van der Waals surface area contributed by atoms with E-state index in [1.54, 1.807) is 4.90 Å². The van der Waals surface area contributed by atoms with Crippen molar-refractivity contribution in [2.24, 2.45) is 0 Å². The molecule has 0 aromatic carbocycles. The largest absolute Gasteiger partial charge is 0.443 e. The van der Waals surface area contributed by atoms with Crippen LogP contribution in [0.1, 0.15) is 27.7 Å². The first-order chi connectivity index (χ1) is 6.50. The maximum absolute atomic E-state index is 11.3. The van der Waals surface area contributed by atoms with Gasteiger partial charge in [0, 0.05) is 18.6 Å². The molecule has 1 atom stereocenters. The molecule has 0 aromatic rings. The molecule has 4 nitrogen and oxygen atoms in total. The van der Waals surface area contributed by atoms with Crippen molar-refractivity contribution in [2.45, 2.75) is 45.9 Å². The quantitative estimate of drug-likeness (QED) is 0.741. The Morgan fingerprint density at radius 1 is 1.50 bits per heavy atom. The second-order valence-corrected chi connectivity index (χ2v) is 4.31. The lowest BCUT2D eigenvalue weighted by atomic mass is 10.3. The Kier molecular flexibility index (Phi) is 3.75. The van der Waals surface area contributed by atoms with Crippen LogP contribution in [0.15, 0.2) is 0 Å². The Morgan fingerprint density at radius 3 is 2.57 bits per heavy atom. The van der Waals surface area contributed by atoms with E-state index in [4.69, 9.17) is 4.74 Å². The number of hydrogen-bond acceptors (Lipinski definition) is 3. The number of ether oxygens (including phenoxy) is 1. The molecule has 0 unspecified atom stereocenters. The normalized spacial score (nSPS) is 22.3. The summed E-state index contributed by atoms with van der Waals surface area (Å²) < 4.78 is 5.21. The average molecular weight is 200 g/mol. The van der Waals surface area contributed by atoms with E-state index in [2.05, 4.69) is 19.2 Å². The van der Waals surface area contributed by atoms with Crippen LogP contribution >= 0.6 is 0 Å². The summed E-state index contributed by atoms with van der Waals surface area (Å²) in [6.07, 6.45) is -0.178. The lowest BCUT2D eigenvalue weighted by molar-refractivity contribution is 0.128. The molecule has 1 fully saturated rings. The van der Waals surface area contributed by atoms with E-state index >= 15 is 0 Å². The van der Waals surface area contributed by atoms with Crippen LogP contribution in [0.4, 0.5) is 4.79 Å². The van der Waals surface area contributed by atoms with Crippen LogP contribution in [0.3, 0.4) is 0 Å². The average Bonchev–Trinajstić information content (AvgIpc) is 2.43. The molecule has 1 aliphatic heterocycles. The summed E-state index contributed by atoms with van der Waals surface area (Å²) in [5.41, 5.74) is 0. The fourth-order valence-corrected chi connectivity index (χ4v) is 1.44. The smallest absolute Gasteiger partial charge is 0.410 e. The van der Waals surface area contributed by atoms with Crippen LogP contribution in [0.25, 0.3) is 0 Å². The number of nitrogens with one attached hydrogen (secondary N) is 1. The zero-order valence-corrected chi connectivity index (χ0v) is 9.41. The van der Waals surface area contributed by atoms with Crippen molar-refractivity contribution in [2.75, 3.05) is 13.1 Å². The van der Waals surface area contributed by atoms with Gasteiger partial charge < -0.3 is 15.0 Å². The van der Waals surface area contributed by atoms with Crippen molar-refractivity contribution in [3.8, 4) is 0 Å². The van der Waals surface area contributed by atoms with Gasteiger partial charge >= 0.3 is 6.09 Å². The third-order valence-corrected chi connectivity index (χ3v) is 2.28. The number of carbonyl (C=O) groups is 1. The second kappa shape index (κ2) is 4.64. The van der Waals surface area contributed by atoms with Crippen molar-refractivity contribution in [1.82, 2.24) is 10.2 Å². The lowest BCUT2D eigenvalue weighted by Gasteiger charge is -2.17. The molecule has 0 aromatic heterocycles. The van der Waals surface area contributed by atoms with Gasteiger partial charge in [-0.15, -0.1) is 0 Å². The van der Waals surface area contributed by atoms with E-state index < -0.39 is 0 Å². The van der Waals surface area contributed by atoms with E-state index in [1.165, 1.54) is 0 Å². The highest BCUT2D eigenvalue weighted by molar-refractivity contribution is 5.70.